The zero-order valence-corrected chi connectivity index (χ0v) is 21.7. The summed E-state index contributed by atoms with van der Waals surface area (Å²) in [6.45, 7) is 4.02. The lowest BCUT2D eigenvalue weighted by Crippen LogP contribution is -2.78. The largest absolute Gasteiger partial charge is 0.504 e. The summed E-state index contributed by atoms with van der Waals surface area (Å²) in [5, 5.41) is 23.4. The van der Waals surface area contributed by atoms with E-state index in [0.29, 0.717) is 18.6 Å². The molecule has 6 heteroatoms. The molecule has 3 fully saturated rings. The Balaban J connectivity index is 1.24. The summed E-state index contributed by atoms with van der Waals surface area (Å²) in [4.78, 5) is 17.7. The Hall–Kier alpha value is -2.83. The molecule has 6 nitrogen and oxygen atoms in total. The topological polar surface area (TPSA) is 73.2 Å². The number of likely N-dealkylation sites (N-methyl/N-ethyl adjacent to an activating group) is 1. The maximum Gasteiger partial charge on any atom is 0.246 e. The van der Waals surface area contributed by atoms with Gasteiger partial charge in [-0.05, 0) is 81.2 Å². The van der Waals surface area contributed by atoms with Gasteiger partial charge in [0, 0.05) is 31.3 Å². The fourth-order valence-electron chi connectivity index (χ4n) is 7.98. The van der Waals surface area contributed by atoms with Gasteiger partial charge in [0.25, 0.3) is 0 Å². The van der Waals surface area contributed by atoms with Crippen molar-refractivity contribution in [2.45, 2.75) is 74.7 Å². The molecule has 1 saturated heterocycles. The van der Waals surface area contributed by atoms with Gasteiger partial charge in [-0.2, -0.15) is 0 Å². The van der Waals surface area contributed by atoms with Crippen molar-refractivity contribution < 1.29 is 19.7 Å². The summed E-state index contributed by atoms with van der Waals surface area (Å²) in [6, 6.07) is 11.7. The van der Waals surface area contributed by atoms with Crippen LogP contribution in [0.2, 0.25) is 0 Å². The number of carbonyl (C=O) groups is 1. The molecule has 2 aliphatic heterocycles. The molecule has 2 aromatic rings. The van der Waals surface area contributed by atoms with Crippen LogP contribution in [0.3, 0.4) is 0 Å². The Morgan fingerprint density at radius 3 is 2.70 bits per heavy atom. The second-order valence-electron chi connectivity index (χ2n) is 12.1. The first-order valence-corrected chi connectivity index (χ1v) is 13.8. The number of aliphatic hydroxyl groups is 1. The van der Waals surface area contributed by atoms with Crippen molar-refractivity contribution in [3.8, 4) is 11.5 Å². The van der Waals surface area contributed by atoms with Crippen molar-refractivity contribution in [1.82, 2.24) is 9.80 Å². The normalized spacial score (nSPS) is 33.8. The molecule has 5 aliphatic rings. The van der Waals surface area contributed by atoms with Crippen LogP contribution in [0.5, 0.6) is 11.5 Å². The zero-order chi connectivity index (χ0) is 25.5. The summed E-state index contributed by atoms with van der Waals surface area (Å²) in [5.41, 5.74) is 2.81. The fraction of sp³-hybridized carbons (Fsp3) is 0.516. The van der Waals surface area contributed by atoms with Crippen molar-refractivity contribution in [1.29, 1.82) is 0 Å². The monoisotopic (exact) mass is 500 g/mol. The number of likely N-dealkylation sites (tertiary alicyclic amines) is 1. The molecule has 2 N–H and O–H groups in total. The number of aromatic hydroxyl groups is 1. The molecule has 2 saturated carbocycles. The molecular weight excluding hydrogens is 464 g/mol. The SMILES string of the molecule is Cc1ccc(/C=C/C(=O)N(C)[C@@H]2CC[C@@]3(O)[C@H]4Cc5ccc(O)c6c5[C@@]3(CCN4CC3CC3)[C@H]2O6)cc1. The van der Waals surface area contributed by atoms with Crippen LogP contribution in [0, 0.1) is 12.8 Å². The van der Waals surface area contributed by atoms with Crippen LogP contribution in [0.1, 0.15) is 54.4 Å². The van der Waals surface area contributed by atoms with Crippen molar-refractivity contribution in [2.24, 2.45) is 5.92 Å². The first kappa shape index (κ1) is 23.3. The fourth-order valence-corrected chi connectivity index (χ4v) is 7.98. The predicted molar refractivity (Wildman–Crippen MR) is 142 cm³/mol. The molecule has 0 aromatic heterocycles. The third kappa shape index (κ3) is 3.28. The number of ether oxygens (including phenoxy) is 1. The lowest BCUT2D eigenvalue weighted by atomic mass is 9.48. The van der Waals surface area contributed by atoms with Gasteiger partial charge < -0.3 is 19.8 Å². The molecule has 0 radical (unpaired) electrons. The number of piperidine rings is 1. The van der Waals surface area contributed by atoms with E-state index in [1.165, 1.54) is 24.0 Å². The summed E-state index contributed by atoms with van der Waals surface area (Å²) >= 11 is 0. The molecule has 5 atom stereocenters. The van der Waals surface area contributed by atoms with Gasteiger partial charge >= 0.3 is 0 Å². The third-order valence-corrected chi connectivity index (χ3v) is 10.1. The molecule has 7 rings (SSSR count). The minimum absolute atomic E-state index is 0.0410. The second kappa shape index (κ2) is 8.08. The standard InChI is InChI=1S/C31H36N2O4/c1-19-3-5-20(6-4-19)9-12-26(35)32(2)23-13-14-31(36)25-17-22-10-11-24(34)28-27(22)30(31,29(23)37-28)15-16-33(25)18-21-7-8-21/h3-6,9-12,21,23,25,29,34,36H,7-8,13-18H2,1-2H3/b12-9+/t23-,25-,29+,30+,31-/m1/s1. The van der Waals surface area contributed by atoms with Crippen molar-refractivity contribution in [3.63, 3.8) is 0 Å². The van der Waals surface area contributed by atoms with Gasteiger partial charge in [0.2, 0.25) is 5.91 Å². The number of phenolic OH excluding ortho intramolecular Hbond substituents is 1. The number of benzene rings is 2. The minimum Gasteiger partial charge on any atom is -0.504 e. The molecule has 1 amide bonds. The average Bonchev–Trinajstić information content (AvgIpc) is 3.63. The molecule has 194 valence electrons. The van der Waals surface area contributed by atoms with Crippen molar-refractivity contribution >= 4 is 12.0 Å². The van der Waals surface area contributed by atoms with E-state index in [4.69, 9.17) is 4.74 Å². The van der Waals surface area contributed by atoms with Gasteiger partial charge in [0.1, 0.15) is 6.10 Å². The first-order valence-electron chi connectivity index (χ1n) is 13.8. The number of phenols is 1. The summed E-state index contributed by atoms with van der Waals surface area (Å²) in [5.74, 6) is 1.34. The molecule has 2 aromatic carbocycles. The van der Waals surface area contributed by atoms with Crippen LogP contribution in [-0.4, -0.2) is 69.8 Å². The van der Waals surface area contributed by atoms with Gasteiger partial charge in [-0.15, -0.1) is 0 Å². The molecule has 37 heavy (non-hydrogen) atoms. The quantitative estimate of drug-likeness (QED) is 0.611. The van der Waals surface area contributed by atoms with E-state index < -0.39 is 11.0 Å². The van der Waals surface area contributed by atoms with Gasteiger partial charge in [0.15, 0.2) is 11.5 Å². The Morgan fingerprint density at radius 2 is 1.95 bits per heavy atom. The van der Waals surface area contributed by atoms with Gasteiger partial charge in [0.05, 0.1) is 17.1 Å². The van der Waals surface area contributed by atoms with Crippen molar-refractivity contribution in [3.05, 3.63) is 64.7 Å². The smallest absolute Gasteiger partial charge is 0.246 e. The highest BCUT2D eigenvalue weighted by atomic mass is 16.5. The van der Waals surface area contributed by atoms with E-state index in [0.717, 1.165) is 43.0 Å². The minimum atomic E-state index is -0.936. The highest BCUT2D eigenvalue weighted by Crippen LogP contribution is 2.66. The number of amides is 1. The number of nitrogens with zero attached hydrogens (tertiary/aromatic N) is 2. The van der Waals surface area contributed by atoms with E-state index in [-0.39, 0.29) is 29.8 Å². The van der Waals surface area contributed by atoms with Gasteiger partial charge in [-0.1, -0.05) is 35.9 Å². The summed E-state index contributed by atoms with van der Waals surface area (Å²) in [6.07, 6.45) is 8.53. The van der Waals surface area contributed by atoms with E-state index in [9.17, 15) is 15.0 Å². The van der Waals surface area contributed by atoms with E-state index in [2.05, 4.69) is 4.90 Å². The Kier molecular flexibility index (Phi) is 5.09. The number of aryl methyl sites for hydroxylation is 1. The number of rotatable bonds is 5. The first-order chi connectivity index (χ1) is 17.8. The summed E-state index contributed by atoms with van der Waals surface area (Å²) in [7, 11) is 1.85. The van der Waals surface area contributed by atoms with E-state index in [1.807, 2.05) is 50.4 Å². The number of carbonyl (C=O) groups excluding carboxylic acids is 1. The predicted octanol–water partition coefficient (Wildman–Crippen LogP) is 3.81. The summed E-state index contributed by atoms with van der Waals surface area (Å²) < 4.78 is 6.62. The molecule has 3 aliphatic carbocycles. The molecular formula is C31H36N2O4. The van der Waals surface area contributed by atoms with E-state index in [1.54, 1.807) is 17.0 Å². The Morgan fingerprint density at radius 1 is 1.16 bits per heavy atom. The van der Waals surface area contributed by atoms with Crippen LogP contribution in [0.15, 0.2) is 42.5 Å². The highest BCUT2D eigenvalue weighted by Gasteiger charge is 2.73. The second-order valence-corrected chi connectivity index (χ2v) is 12.1. The molecule has 1 spiro atoms. The number of hydrogen-bond donors (Lipinski definition) is 2. The molecule has 2 bridgehead atoms. The maximum absolute atomic E-state index is 13.4. The lowest BCUT2D eigenvalue weighted by molar-refractivity contribution is -0.200. The third-order valence-electron chi connectivity index (χ3n) is 10.1. The van der Waals surface area contributed by atoms with Crippen molar-refractivity contribution in [2.75, 3.05) is 20.1 Å². The van der Waals surface area contributed by atoms with Crippen LogP contribution in [-0.2, 0) is 16.6 Å². The van der Waals surface area contributed by atoms with Crippen LogP contribution in [0.4, 0.5) is 0 Å². The Bertz CT molecular complexity index is 1280. The van der Waals surface area contributed by atoms with Crippen LogP contribution < -0.4 is 4.74 Å². The molecule has 2 heterocycles. The number of hydrogen-bond acceptors (Lipinski definition) is 5. The molecule has 0 unspecified atom stereocenters. The highest BCUT2D eigenvalue weighted by molar-refractivity contribution is 5.92. The Labute approximate surface area is 218 Å². The zero-order valence-electron chi connectivity index (χ0n) is 21.7. The van der Waals surface area contributed by atoms with Gasteiger partial charge in [-0.25, -0.2) is 0 Å². The van der Waals surface area contributed by atoms with E-state index >= 15 is 0 Å². The van der Waals surface area contributed by atoms with Gasteiger partial charge in [-0.3, -0.25) is 9.69 Å². The van der Waals surface area contributed by atoms with Crippen LogP contribution >= 0.6 is 0 Å². The lowest BCUT2D eigenvalue weighted by Gasteiger charge is -2.64. The van der Waals surface area contributed by atoms with Crippen LogP contribution in [0.25, 0.3) is 6.08 Å². The average molecular weight is 501 g/mol. The maximum atomic E-state index is 13.4.